The smallest absolute Gasteiger partial charge is 1.00 e. The number of unbranched alkanes of at least 4 members (excludes halogenated alkanes) is 2. The molecule has 0 aromatic carbocycles. The molecule has 0 aliphatic heterocycles. The summed E-state index contributed by atoms with van der Waals surface area (Å²) in [7, 11) is 0. The van der Waals surface area contributed by atoms with Gasteiger partial charge in [0.2, 0.25) is 0 Å². The van der Waals surface area contributed by atoms with Crippen LogP contribution in [0.25, 0.3) is 0 Å². The van der Waals surface area contributed by atoms with Crippen molar-refractivity contribution in [2.75, 3.05) is 13.1 Å². The van der Waals surface area contributed by atoms with Gasteiger partial charge in [0.15, 0.2) is 0 Å². The first-order chi connectivity index (χ1) is 10.4. The molecule has 0 rings (SSSR count). The van der Waals surface area contributed by atoms with Gasteiger partial charge in [-0.15, -0.1) is 0 Å². The standard InChI is InChI=1S/C13H26N4O5.2Na.2H/c14-7-3-1-5-9(16)11(18)21-13(20)22-12(19)10(17)6-2-4-8-15;;;;/h9-10H,1-8,14-17H2;;;;/q;2*+1;2*-1/t9-,10-;;;;/m0..../s1. The molecule has 11 heteroatoms. The van der Waals surface area contributed by atoms with Crippen molar-refractivity contribution in [1.29, 1.82) is 0 Å². The summed E-state index contributed by atoms with van der Waals surface area (Å²) >= 11 is 0. The van der Waals surface area contributed by atoms with Crippen molar-refractivity contribution >= 4 is 18.1 Å². The summed E-state index contributed by atoms with van der Waals surface area (Å²) in [6, 6.07) is -1.93. The molecule has 0 saturated heterocycles. The molecular weight excluding hydrogens is 338 g/mol. The fourth-order valence-corrected chi connectivity index (χ4v) is 1.59. The van der Waals surface area contributed by atoms with E-state index in [0.717, 1.165) is 0 Å². The molecule has 0 radical (unpaired) electrons. The molecule has 9 nitrogen and oxygen atoms in total. The molecule has 0 aromatic rings. The third-order valence-electron chi connectivity index (χ3n) is 2.91. The summed E-state index contributed by atoms with van der Waals surface area (Å²) in [5.74, 6) is -1.90. The van der Waals surface area contributed by atoms with Crippen LogP contribution in [0.15, 0.2) is 0 Å². The fourth-order valence-electron chi connectivity index (χ4n) is 1.59. The van der Waals surface area contributed by atoms with Gasteiger partial charge in [0.05, 0.1) is 0 Å². The number of esters is 2. The van der Waals surface area contributed by atoms with Crippen LogP contribution >= 0.6 is 0 Å². The molecule has 0 saturated carbocycles. The minimum Gasteiger partial charge on any atom is -1.00 e. The van der Waals surface area contributed by atoms with Gasteiger partial charge in [-0.1, -0.05) is 12.8 Å². The largest absolute Gasteiger partial charge is 1.00 e. The van der Waals surface area contributed by atoms with Gasteiger partial charge in [0.1, 0.15) is 12.1 Å². The molecule has 2 atom stereocenters. The molecule has 0 amide bonds. The number of hydrogen-bond acceptors (Lipinski definition) is 9. The molecule has 132 valence electrons. The Morgan fingerprint density at radius 1 is 0.750 bits per heavy atom. The van der Waals surface area contributed by atoms with E-state index < -0.39 is 30.2 Å². The van der Waals surface area contributed by atoms with E-state index in [-0.39, 0.29) is 62.0 Å². The first-order valence-corrected chi connectivity index (χ1v) is 7.31. The third-order valence-corrected chi connectivity index (χ3v) is 2.91. The average molecular weight is 366 g/mol. The van der Waals surface area contributed by atoms with Gasteiger partial charge in [-0.3, -0.25) is 0 Å². The van der Waals surface area contributed by atoms with Crippen LogP contribution in [0.2, 0.25) is 0 Å². The van der Waals surface area contributed by atoms with E-state index in [1.807, 2.05) is 0 Å². The van der Waals surface area contributed by atoms with E-state index in [0.29, 0.717) is 51.6 Å². The van der Waals surface area contributed by atoms with Crippen molar-refractivity contribution in [2.45, 2.75) is 50.6 Å². The van der Waals surface area contributed by atoms with Crippen molar-refractivity contribution in [3.63, 3.8) is 0 Å². The van der Waals surface area contributed by atoms with Crippen molar-refractivity contribution in [1.82, 2.24) is 0 Å². The van der Waals surface area contributed by atoms with E-state index in [9.17, 15) is 14.4 Å². The zero-order chi connectivity index (χ0) is 17.0. The number of carbonyl (C=O) groups excluding carboxylic acids is 3. The number of nitrogens with two attached hydrogens (primary N) is 4. The van der Waals surface area contributed by atoms with Gasteiger partial charge < -0.3 is 35.3 Å². The summed E-state index contributed by atoms with van der Waals surface area (Å²) in [6.07, 6.45) is 1.92. The summed E-state index contributed by atoms with van der Waals surface area (Å²) < 4.78 is 8.67. The van der Waals surface area contributed by atoms with Crippen LogP contribution < -0.4 is 82.0 Å². The van der Waals surface area contributed by atoms with Crippen LogP contribution in [0.4, 0.5) is 4.79 Å². The Morgan fingerprint density at radius 2 is 1.08 bits per heavy atom. The second kappa shape index (κ2) is 18.2. The Bertz CT molecular complexity index is 352. The van der Waals surface area contributed by atoms with E-state index in [1.54, 1.807) is 0 Å². The molecule has 8 N–H and O–H groups in total. The minimum absolute atomic E-state index is 0. The third kappa shape index (κ3) is 14.8. The Balaban J connectivity index is -0.000000367. The average Bonchev–Trinajstić information content (AvgIpc) is 2.47. The van der Waals surface area contributed by atoms with Crippen LogP contribution in [0.3, 0.4) is 0 Å². The van der Waals surface area contributed by atoms with Gasteiger partial charge >= 0.3 is 77.2 Å². The summed E-state index contributed by atoms with van der Waals surface area (Å²) in [5, 5.41) is 0. The van der Waals surface area contributed by atoms with Gasteiger partial charge in [0.25, 0.3) is 0 Å². The molecule has 0 aromatic heterocycles. The van der Waals surface area contributed by atoms with Crippen LogP contribution in [-0.4, -0.2) is 43.3 Å². The first kappa shape index (κ1) is 29.2. The maximum absolute atomic E-state index is 11.5. The second-order valence-electron chi connectivity index (χ2n) is 4.87. The maximum Gasteiger partial charge on any atom is 1.00 e. The zero-order valence-corrected chi connectivity index (χ0v) is 18.7. The molecule has 0 bridgehead atoms. The molecule has 0 unspecified atom stereocenters. The second-order valence-corrected chi connectivity index (χ2v) is 4.87. The number of ether oxygens (including phenoxy) is 2. The van der Waals surface area contributed by atoms with E-state index in [1.165, 1.54) is 0 Å². The Morgan fingerprint density at radius 3 is 1.38 bits per heavy atom. The van der Waals surface area contributed by atoms with Crippen molar-refractivity contribution in [2.24, 2.45) is 22.9 Å². The quantitative estimate of drug-likeness (QED) is 0.127. The van der Waals surface area contributed by atoms with E-state index in [2.05, 4.69) is 9.47 Å². The van der Waals surface area contributed by atoms with Gasteiger partial charge in [-0.05, 0) is 38.8 Å². The predicted molar refractivity (Wildman–Crippen MR) is 81.6 cm³/mol. The van der Waals surface area contributed by atoms with Crippen LogP contribution in [0, 0.1) is 0 Å². The molecule has 0 aliphatic rings. The predicted octanol–water partition coefficient (Wildman–Crippen LogP) is -6.66. The maximum atomic E-state index is 11.5. The minimum atomic E-state index is -1.42. The topological polar surface area (TPSA) is 174 Å². The molecule has 0 heterocycles. The number of hydrogen-bond donors (Lipinski definition) is 4. The van der Waals surface area contributed by atoms with Crippen LogP contribution in [0.5, 0.6) is 0 Å². The molecule has 0 fully saturated rings. The van der Waals surface area contributed by atoms with Crippen molar-refractivity contribution in [3.05, 3.63) is 0 Å². The zero-order valence-electron chi connectivity index (χ0n) is 16.7. The molecule has 0 spiro atoms. The normalized spacial score (nSPS) is 12.2. The van der Waals surface area contributed by atoms with Crippen LogP contribution in [0.1, 0.15) is 41.4 Å². The first-order valence-electron chi connectivity index (χ1n) is 7.31. The Hall–Kier alpha value is 0.450. The molecular formula is C13H28N4Na2O5. The SMILES string of the molecule is NCCCC[C@H](N)C(=O)OC(=O)OC(=O)[C@@H](N)CCCCN.[H-].[H-].[Na+].[Na+]. The number of carbonyl (C=O) groups is 3. The van der Waals surface area contributed by atoms with Gasteiger partial charge in [-0.2, -0.15) is 0 Å². The Kier molecular flexibility index (Phi) is 22.2. The summed E-state index contributed by atoms with van der Waals surface area (Å²) in [4.78, 5) is 34.2. The van der Waals surface area contributed by atoms with Crippen LogP contribution in [-0.2, 0) is 19.1 Å². The Labute approximate surface area is 189 Å². The van der Waals surface area contributed by atoms with Gasteiger partial charge in [-0.25, -0.2) is 14.4 Å². The molecule has 0 aliphatic carbocycles. The molecule has 24 heavy (non-hydrogen) atoms. The fraction of sp³-hybridized carbons (Fsp3) is 0.769. The van der Waals surface area contributed by atoms with E-state index >= 15 is 0 Å². The number of rotatable bonds is 10. The van der Waals surface area contributed by atoms with E-state index in [4.69, 9.17) is 22.9 Å². The van der Waals surface area contributed by atoms with Crippen molar-refractivity contribution < 1.29 is 85.8 Å². The van der Waals surface area contributed by atoms with Gasteiger partial charge in [0, 0.05) is 0 Å². The summed E-state index contributed by atoms with van der Waals surface area (Å²) in [6.45, 7) is 0.973. The summed E-state index contributed by atoms with van der Waals surface area (Å²) in [5.41, 5.74) is 21.7. The van der Waals surface area contributed by atoms with Crippen molar-refractivity contribution in [3.8, 4) is 0 Å². The monoisotopic (exact) mass is 366 g/mol.